The molecule has 6 nitrogen and oxygen atoms in total. The Hall–Kier alpha value is -3.22. The third-order valence-corrected chi connectivity index (χ3v) is 6.48. The van der Waals surface area contributed by atoms with Crippen LogP contribution in [0.15, 0.2) is 48.5 Å². The lowest BCUT2D eigenvalue weighted by Gasteiger charge is -2.29. The number of fused-ring (bicyclic) bond motifs is 2. The number of benzene rings is 2. The average molecular weight is 406 g/mol. The first kappa shape index (κ1) is 18.8. The van der Waals surface area contributed by atoms with Crippen LogP contribution in [0.3, 0.4) is 0 Å². The second-order valence-corrected chi connectivity index (χ2v) is 8.29. The summed E-state index contributed by atoms with van der Waals surface area (Å²) in [6, 6.07) is 14.0. The van der Waals surface area contributed by atoms with Gasteiger partial charge in [-0.3, -0.25) is 14.7 Å². The van der Waals surface area contributed by atoms with Gasteiger partial charge in [0.2, 0.25) is 11.8 Å². The molecule has 3 atom stereocenters. The van der Waals surface area contributed by atoms with Crippen molar-refractivity contribution >= 4 is 22.7 Å². The Morgan fingerprint density at radius 3 is 2.77 bits per heavy atom. The first-order chi connectivity index (χ1) is 14.5. The summed E-state index contributed by atoms with van der Waals surface area (Å²) in [5, 5.41) is 8.22. The van der Waals surface area contributed by atoms with Crippen molar-refractivity contribution in [3.8, 4) is 0 Å². The zero-order valence-corrected chi connectivity index (χ0v) is 16.7. The van der Waals surface area contributed by atoms with E-state index in [0.29, 0.717) is 19.6 Å². The number of carbonyl (C=O) groups is 2. The summed E-state index contributed by atoms with van der Waals surface area (Å²) in [7, 11) is 0. The third-order valence-electron chi connectivity index (χ3n) is 6.48. The Kier molecular flexibility index (Phi) is 4.53. The number of H-pyrrole nitrogens is 1. The molecular formula is C23H23FN4O2. The third kappa shape index (κ3) is 3.14. The van der Waals surface area contributed by atoms with Crippen LogP contribution in [0.1, 0.15) is 24.2 Å². The number of aromatic amines is 1. The number of para-hydroxylation sites is 1. The Balaban J connectivity index is 1.36. The van der Waals surface area contributed by atoms with Gasteiger partial charge >= 0.3 is 0 Å². The van der Waals surface area contributed by atoms with Crippen molar-refractivity contribution in [1.82, 2.24) is 20.0 Å². The molecule has 0 aliphatic carbocycles. The van der Waals surface area contributed by atoms with E-state index >= 15 is 0 Å². The summed E-state index contributed by atoms with van der Waals surface area (Å²) < 4.78 is 13.9. The van der Waals surface area contributed by atoms with Crippen LogP contribution in [0, 0.1) is 17.7 Å². The zero-order valence-electron chi connectivity index (χ0n) is 16.7. The standard InChI is InChI=1S/C23H23FN4O2/c1-14(29)28-12-16-11-27(13-19(16)23(28)15-5-4-6-17(24)9-15)22(30)10-21-18-7-2-3-8-20(18)25-26-21/h2-9,16,19,23H,10-13H2,1H3,(H,25,26)/t16-,19-,23-/m1/s1. The second kappa shape index (κ2) is 7.23. The quantitative estimate of drug-likeness (QED) is 0.727. The number of likely N-dealkylation sites (tertiary alicyclic amines) is 2. The monoisotopic (exact) mass is 406 g/mol. The van der Waals surface area contributed by atoms with E-state index in [2.05, 4.69) is 10.2 Å². The molecule has 0 unspecified atom stereocenters. The number of amides is 2. The van der Waals surface area contributed by atoms with Crippen molar-refractivity contribution in [3.63, 3.8) is 0 Å². The Bertz CT molecular complexity index is 1130. The fraction of sp³-hybridized carbons (Fsp3) is 0.348. The van der Waals surface area contributed by atoms with Gasteiger partial charge in [0.05, 0.1) is 23.7 Å². The van der Waals surface area contributed by atoms with Crippen molar-refractivity contribution in [2.24, 2.45) is 11.8 Å². The number of rotatable bonds is 3. The maximum absolute atomic E-state index is 13.9. The molecule has 7 heteroatoms. The van der Waals surface area contributed by atoms with Crippen LogP contribution >= 0.6 is 0 Å². The van der Waals surface area contributed by atoms with Gasteiger partial charge in [0.15, 0.2) is 0 Å². The summed E-state index contributed by atoms with van der Waals surface area (Å²) in [5.74, 6) is 0.0333. The molecule has 2 aliphatic rings. The predicted molar refractivity (Wildman–Crippen MR) is 110 cm³/mol. The van der Waals surface area contributed by atoms with Gasteiger partial charge in [0.1, 0.15) is 5.82 Å². The van der Waals surface area contributed by atoms with E-state index in [0.717, 1.165) is 22.2 Å². The summed E-state index contributed by atoms with van der Waals surface area (Å²) in [5.41, 5.74) is 2.47. The number of nitrogens with zero attached hydrogens (tertiary/aromatic N) is 3. The summed E-state index contributed by atoms with van der Waals surface area (Å²) in [6.07, 6.45) is 0.265. The van der Waals surface area contributed by atoms with Gasteiger partial charge in [0, 0.05) is 43.8 Å². The molecule has 2 amide bonds. The van der Waals surface area contributed by atoms with Gasteiger partial charge in [0.25, 0.3) is 0 Å². The molecule has 0 bridgehead atoms. The van der Waals surface area contributed by atoms with Gasteiger partial charge in [-0.05, 0) is 23.8 Å². The smallest absolute Gasteiger partial charge is 0.228 e. The van der Waals surface area contributed by atoms with Gasteiger partial charge in [-0.15, -0.1) is 0 Å². The first-order valence-corrected chi connectivity index (χ1v) is 10.2. The highest BCUT2D eigenvalue weighted by Gasteiger charge is 2.49. The molecule has 1 N–H and O–H groups in total. The molecular weight excluding hydrogens is 383 g/mol. The number of hydrogen-bond acceptors (Lipinski definition) is 3. The van der Waals surface area contributed by atoms with Gasteiger partial charge in [-0.25, -0.2) is 4.39 Å². The zero-order chi connectivity index (χ0) is 20.8. The van der Waals surface area contributed by atoms with Crippen molar-refractivity contribution in [2.45, 2.75) is 19.4 Å². The lowest BCUT2D eigenvalue weighted by molar-refractivity contribution is -0.131. The topological polar surface area (TPSA) is 69.3 Å². The van der Waals surface area contributed by atoms with E-state index < -0.39 is 0 Å². The Morgan fingerprint density at radius 1 is 1.13 bits per heavy atom. The Labute approximate surface area is 173 Å². The Morgan fingerprint density at radius 2 is 1.97 bits per heavy atom. The predicted octanol–water partition coefficient (Wildman–Crippen LogP) is 2.92. The summed E-state index contributed by atoms with van der Waals surface area (Å²) >= 11 is 0. The molecule has 2 aliphatic heterocycles. The van der Waals surface area contributed by atoms with Crippen LogP contribution in [-0.2, 0) is 16.0 Å². The maximum atomic E-state index is 13.9. The number of halogens is 1. The lowest BCUT2D eigenvalue weighted by atomic mass is 9.89. The van der Waals surface area contributed by atoms with E-state index in [1.165, 1.54) is 12.1 Å². The molecule has 2 aromatic carbocycles. The van der Waals surface area contributed by atoms with Gasteiger partial charge in [-0.2, -0.15) is 5.10 Å². The van der Waals surface area contributed by atoms with Gasteiger partial charge in [-0.1, -0.05) is 30.3 Å². The minimum Gasteiger partial charge on any atom is -0.342 e. The van der Waals surface area contributed by atoms with Crippen molar-refractivity contribution in [3.05, 3.63) is 65.6 Å². The normalized spacial score (nSPS) is 23.2. The highest BCUT2D eigenvalue weighted by atomic mass is 19.1. The van der Waals surface area contributed by atoms with Gasteiger partial charge < -0.3 is 9.80 Å². The van der Waals surface area contributed by atoms with Crippen LogP contribution in [0.4, 0.5) is 4.39 Å². The maximum Gasteiger partial charge on any atom is 0.228 e. The van der Waals surface area contributed by atoms with Crippen LogP contribution in [0.5, 0.6) is 0 Å². The summed E-state index contributed by atoms with van der Waals surface area (Å²) in [6.45, 7) is 3.34. The van der Waals surface area contributed by atoms with Crippen molar-refractivity contribution in [1.29, 1.82) is 0 Å². The number of aromatic nitrogens is 2. The van der Waals surface area contributed by atoms with E-state index in [1.54, 1.807) is 13.0 Å². The average Bonchev–Trinajstić information content (AvgIpc) is 3.40. The van der Waals surface area contributed by atoms with E-state index in [4.69, 9.17) is 0 Å². The number of carbonyl (C=O) groups excluding carboxylic acids is 2. The van der Waals surface area contributed by atoms with Crippen LogP contribution < -0.4 is 0 Å². The number of hydrogen-bond donors (Lipinski definition) is 1. The molecule has 2 saturated heterocycles. The minimum absolute atomic E-state index is 0.0135. The highest BCUT2D eigenvalue weighted by molar-refractivity contribution is 5.87. The van der Waals surface area contributed by atoms with Crippen molar-refractivity contribution < 1.29 is 14.0 Å². The molecule has 5 rings (SSSR count). The molecule has 0 spiro atoms. The fourth-order valence-corrected chi connectivity index (χ4v) is 5.10. The van der Waals surface area contributed by atoms with Crippen LogP contribution in [0.2, 0.25) is 0 Å². The SMILES string of the molecule is CC(=O)N1C[C@H]2CN(C(=O)Cc3[nH]nc4ccccc34)C[C@H]2[C@H]1c1cccc(F)c1. The molecule has 0 saturated carbocycles. The molecule has 2 fully saturated rings. The molecule has 3 aromatic rings. The van der Waals surface area contributed by atoms with E-state index in [9.17, 15) is 14.0 Å². The number of nitrogens with one attached hydrogen (secondary N) is 1. The van der Waals surface area contributed by atoms with Crippen LogP contribution in [0.25, 0.3) is 10.9 Å². The van der Waals surface area contributed by atoms with E-state index in [-0.39, 0.29) is 41.9 Å². The highest BCUT2D eigenvalue weighted by Crippen LogP contribution is 2.45. The van der Waals surface area contributed by atoms with E-state index in [1.807, 2.05) is 40.1 Å². The fourth-order valence-electron chi connectivity index (χ4n) is 5.10. The molecule has 0 radical (unpaired) electrons. The van der Waals surface area contributed by atoms with Crippen LogP contribution in [-0.4, -0.2) is 51.4 Å². The molecule has 1 aromatic heterocycles. The molecule has 3 heterocycles. The first-order valence-electron chi connectivity index (χ1n) is 10.2. The molecule has 30 heavy (non-hydrogen) atoms. The molecule has 154 valence electrons. The summed E-state index contributed by atoms with van der Waals surface area (Å²) in [4.78, 5) is 29.0. The largest absolute Gasteiger partial charge is 0.342 e. The van der Waals surface area contributed by atoms with Crippen molar-refractivity contribution in [2.75, 3.05) is 19.6 Å². The second-order valence-electron chi connectivity index (χ2n) is 8.29. The minimum atomic E-state index is -0.309. The lowest BCUT2D eigenvalue weighted by Crippen LogP contribution is -2.37.